The SMILES string of the molecule is O=C(Nc1cccc(NC(=O)N2CCC(Nc3ccccc3)C2)c1)c1cccs1. The van der Waals surface area contributed by atoms with Crippen LogP contribution in [0.3, 0.4) is 0 Å². The van der Waals surface area contributed by atoms with Crippen LogP contribution in [0.15, 0.2) is 72.1 Å². The molecular formula is C22H22N4O2S. The van der Waals surface area contributed by atoms with Crippen molar-refractivity contribution >= 4 is 40.3 Å². The van der Waals surface area contributed by atoms with Gasteiger partial charge in [0.15, 0.2) is 0 Å². The minimum atomic E-state index is -0.155. The summed E-state index contributed by atoms with van der Waals surface area (Å²) in [5.74, 6) is -0.155. The van der Waals surface area contributed by atoms with Crippen LogP contribution < -0.4 is 16.0 Å². The number of carbonyl (C=O) groups excluding carboxylic acids is 2. The maximum Gasteiger partial charge on any atom is 0.321 e. The van der Waals surface area contributed by atoms with Crippen LogP contribution in [0.4, 0.5) is 21.9 Å². The van der Waals surface area contributed by atoms with Crippen LogP contribution in [0.25, 0.3) is 0 Å². The van der Waals surface area contributed by atoms with Crippen LogP contribution in [0.5, 0.6) is 0 Å². The number of benzene rings is 2. The van der Waals surface area contributed by atoms with Crippen molar-refractivity contribution in [3.05, 3.63) is 77.0 Å². The van der Waals surface area contributed by atoms with Crippen molar-refractivity contribution in [3.63, 3.8) is 0 Å². The van der Waals surface area contributed by atoms with Crippen LogP contribution in [-0.4, -0.2) is 36.0 Å². The number of nitrogens with one attached hydrogen (secondary N) is 3. The number of para-hydroxylation sites is 1. The molecule has 1 atom stereocenters. The van der Waals surface area contributed by atoms with Gasteiger partial charge in [-0.05, 0) is 48.2 Å². The van der Waals surface area contributed by atoms with Gasteiger partial charge in [-0.2, -0.15) is 0 Å². The number of anilines is 3. The molecule has 1 saturated heterocycles. The zero-order chi connectivity index (χ0) is 20.1. The molecule has 0 radical (unpaired) electrons. The first kappa shape index (κ1) is 19.0. The van der Waals surface area contributed by atoms with E-state index in [1.165, 1.54) is 11.3 Å². The molecule has 29 heavy (non-hydrogen) atoms. The third-order valence-corrected chi connectivity index (χ3v) is 5.61. The van der Waals surface area contributed by atoms with E-state index in [-0.39, 0.29) is 18.0 Å². The van der Waals surface area contributed by atoms with E-state index in [9.17, 15) is 9.59 Å². The normalized spacial score (nSPS) is 15.7. The molecule has 0 spiro atoms. The Balaban J connectivity index is 1.32. The molecule has 3 amide bonds. The first-order valence-electron chi connectivity index (χ1n) is 9.50. The third-order valence-electron chi connectivity index (χ3n) is 4.74. The molecule has 1 aliphatic heterocycles. The summed E-state index contributed by atoms with van der Waals surface area (Å²) in [7, 11) is 0. The van der Waals surface area contributed by atoms with Crippen LogP contribution >= 0.6 is 11.3 Å². The molecule has 4 rings (SSSR count). The molecule has 3 N–H and O–H groups in total. The minimum absolute atomic E-state index is 0.135. The molecule has 6 nitrogen and oxygen atoms in total. The first-order valence-corrected chi connectivity index (χ1v) is 10.4. The van der Waals surface area contributed by atoms with Crippen molar-refractivity contribution in [2.45, 2.75) is 12.5 Å². The van der Waals surface area contributed by atoms with Crippen molar-refractivity contribution in [1.82, 2.24) is 4.90 Å². The van der Waals surface area contributed by atoms with Crippen molar-refractivity contribution in [1.29, 1.82) is 0 Å². The molecule has 1 unspecified atom stereocenters. The summed E-state index contributed by atoms with van der Waals surface area (Å²) in [6.45, 7) is 1.35. The Morgan fingerprint density at radius 2 is 1.66 bits per heavy atom. The number of hydrogen-bond donors (Lipinski definition) is 3. The van der Waals surface area contributed by atoms with Crippen molar-refractivity contribution in [2.24, 2.45) is 0 Å². The second-order valence-electron chi connectivity index (χ2n) is 6.88. The Hall–Kier alpha value is -3.32. The number of hydrogen-bond acceptors (Lipinski definition) is 4. The smallest absolute Gasteiger partial charge is 0.321 e. The lowest BCUT2D eigenvalue weighted by atomic mass is 10.2. The van der Waals surface area contributed by atoms with E-state index in [2.05, 4.69) is 16.0 Å². The number of rotatable bonds is 5. The molecule has 3 aromatic rings. The summed E-state index contributed by atoms with van der Waals surface area (Å²) in [5, 5.41) is 11.1. The number of nitrogens with zero attached hydrogens (tertiary/aromatic N) is 1. The fourth-order valence-corrected chi connectivity index (χ4v) is 3.93. The van der Waals surface area contributed by atoms with Gasteiger partial charge in [-0.3, -0.25) is 4.79 Å². The number of urea groups is 1. The summed E-state index contributed by atoms with van der Waals surface area (Å²) in [5.41, 5.74) is 2.36. The molecule has 7 heteroatoms. The Labute approximate surface area is 173 Å². The third kappa shape index (κ3) is 4.94. The highest BCUT2D eigenvalue weighted by Crippen LogP contribution is 2.20. The van der Waals surface area contributed by atoms with Gasteiger partial charge in [-0.1, -0.05) is 30.3 Å². The molecule has 1 fully saturated rings. The predicted octanol–water partition coefficient (Wildman–Crippen LogP) is 4.72. The van der Waals surface area contributed by atoms with Gasteiger partial charge in [0.05, 0.1) is 4.88 Å². The second kappa shape index (κ2) is 8.79. The number of thiophene rings is 1. The zero-order valence-electron chi connectivity index (χ0n) is 15.8. The van der Waals surface area contributed by atoms with Gasteiger partial charge in [0, 0.05) is 36.2 Å². The van der Waals surface area contributed by atoms with Crippen molar-refractivity contribution in [2.75, 3.05) is 29.0 Å². The van der Waals surface area contributed by atoms with Crippen LogP contribution in [0.1, 0.15) is 16.1 Å². The second-order valence-corrected chi connectivity index (χ2v) is 7.83. The fraction of sp³-hybridized carbons (Fsp3) is 0.182. The maximum absolute atomic E-state index is 12.6. The Bertz CT molecular complexity index is 975. The topological polar surface area (TPSA) is 73.5 Å². The lowest BCUT2D eigenvalue weighted by molar-refractivity contribution is 0.103. The average Bonchev–Trinajstić information content (AvgIpc) is 3.41. The summed E-state index contributed by atoms with van der Waals surface area (Å²) >= 11 is 1.39. The Morgan fingerprint density at radius 3 is 2.41 bits per heavy atom. The van der Waals surface area contributed by atoms with Crippen LogP contribution in [0.2, 0.25) is 0 Å². The van der Waals surface area contributed by atoms with Gasteiger partial charge in [0.2, 0.25) is 0 Å². The first-order chi connectivity index (χ1) is 14.2. The summed E-state index contributed by atoms with van der Waals surface area (Å²) in [4.78, 5) is 27.3. The molecule has 1 aliphatic rings. The molecule has 0 saturated carbocycles. The Morgan fingerprint density at radius 1 is 0.897 bits per heavy atom. The summed E-state index contributed by atoms with van der Waals surface area (Å²) < 4.78 is 0. The van der Waals surface area contributed by atoms with E-state index in [0.29, 0.717) is 29.3 Å². The van der Waals surface area contributed by atoms with Crippen molar-refractivity contribution in [3.8, 4) is 0 Å². The standard InChI is InChI=1S/C22H22N4O2S/c27-21(20-10-5-13-29-20)24-17-8-4-9-18(14-17)25-22(28)26-12-11-19(15-26)23-16-6-2-1-3-7-16/h1-10,13-14,19,23H,11-12,15H2,(H,24,27)(H,25,28). The van der Waals surface area contributed by atoms with Gasteiger partial charge >= 0.3 is 6.03 Å². The quantitative estimate of drug-likeness (QED) is 0.574. The number of likely N-dealkylation sites (tertiary alicyclic amines) is 1. The molecule has 148 valence electrons. The number of amides is 3. The van der Waals surface area contributed by atoms with Gasteiger partial charge in [-0.25, -0.2) is 4.79 Å². The fourth-order valence-electron chi connectivity index (χ4n) is 3.31. The molecule has 0 bridgehead atoms. The van der Waals surface area contributed by atoms with E-state index in [1.807, 2.05) is 53.9 Å². The average molecular weight is 407 g/mol. The molecular weight excluding hydrogens is 384 g/mol. The highest BCUT2D eigenvalue weighted by molar-refractivity contribution is 7.12. The molecule has 1 aromatic heterocycles. The van der Waals surface area contributed by atoms with Crippen molar-refractivity contribution < 1.29 is 9.59 Å². The minimum Gasteiger partial charge on any atom is -0.380 e. The number of carbonyl (C=O) groups is 2. The largest absolute Gasteiger partial charge is 0.380 e. The lowest BCUT2D eigenvalue weighted by Crippen LogP contribution is -2.34. The van der Waals surface area contributed by atoms with Gasteiger partial charge in [0.25, 0.3) is 5.91 Å². The summed E-state index contributed by atoms with van der Waals surface area (Å²) in [6, 6.07) is 20.9. The van der Waals surface area contributed by atoms with Gasteiger partial charge < -0.3 is 20.9 Å². The van der Waals surface area contributed by atoms with E-state index >= 15 is 0 Å². The molecule has 2 heterocycles. The highest BCUT2D eigenvalue weighted by Gasteiger charge is 2.26. The Kier molecular flexibility index (Phi) is 5.76. The molecule has 2 aromatic carbocycles. The lowest BCUT2D eigenvalue weighted by Gasteiger charge is -2.18. The van der Waals surface area contributed by atoms with E-state index in [1.54, 1.807) is 23.1 Å². The van der Waals surface area contributed by atoms with Gasteiger partial charge in [-0.15, -0.1) is 11.3 Å². The maximum atomic E-state index is 12.6. The van der Waals surface area contributed by atoms with Crippen LogP contribution in [-0.2, 0) is 0 Å². The monoisotopic (exact) mass is 406 g/mol. The highest BCUT2D eigenvalue weighted by atomic mass is 32.1. The molecule has 0 aliphatic carbocycles. The van der Waals surface area contributed by atoms with Crippen LogP contribution in [0, 0.1) is 0 Å². The summed E-state index contributed by atoms with van der Waals surface area (Å²) in [6.07, 6.45) is 0.902. The van der Waals surface area contributed by atoms with Gasteiger partial charge in [0.1, 0.15) is 0 Å². The van der Waals surface area contributed by atoms with E-state index < -0.39 is 0 Å². The van der Waals surface area contributed by atoms with E-state index in [0.717, 1.165) is 12.1 Å². The van der Waals surface area contributed by atoms with E-state index in [4.69, 9.17) is 0 Å². The predicted molar refractivity (Wildman–Crippen MR) is 118 cm³/mol. The zero-order valence-corrected chi connectivity index (χ0v) is 16.6.